The van der Waals surface area contributed by atoms with Gasteiger partial charge in [0, 0.05) is 18.3 Å². The Morgan fingerprint density at radius 1 is 1.59 bits per heavy atom. The predicted molar refractivity (Wildman–Crippen MR) is 67.7 cm³/mol. The first-order valence-corrected chi connectivity index (χ1v) is 6.66. The fraction of sp³-hybridized carbons (Fsp3) is 0.818. The summed E-state index contributed by atoms with van der Waals surface area (Å²) in [5.41, 5.74) is 5.46. The van der Waals surface area contributed by atoms with Crippen LogP contribution in [0.25, 0.3) is 0 Å². The molecule has 1 unspecified atom stereocenters. The first-order valence-electron chi connectivity index (χ1n) is 6.02. The van der Waals surface area contributed by atoms with Crippen molar-refractivity contribution in [1.29, 1.82) is 0 Å². The van der Waals surface area contributed by atoms with Crippen LogP contribution in [-0.2, 0) is 9.59 Å². The molecule has 5 nitrogen and oxygen atoms in total. The molecule has 2 aliphatic rings. The molecule has 0 aromatic carbocycles. The van der Waals surface area contributed by atoms with Gasteiger partial charge >= 0.3 is 0 Å². The lowest BCUT2D eigenvalue weighted by Gasteiger charge is -2.45. The van der Waals surface area contributed by atoms with Crippen molar-refractivity contribution in [3.05, 3.63) is 0 Å². The summed E-state index contributed by atoms with van der Waals surface area (Å²) < 4.78 is 0. The maximum atomic E-state index is 11.6. The van der Waals surface area contributed by atoms with Crippen LogP contribution in [-0.4, -0.2) is 36.2 Å². The molecule has 2 rings (SSSR count). The minimum absolute atomic E-state index is 0.132. The number of rotatable bonds is 3. The third kappa shape index (κ3) is 2.42. The first-order chi connectivity index (χ1) is 8.07. The second kappa shape index (κ2) is 4.86. The summed E-state index contributed by atoms with van der Waals surface area (Å²) in [5.74, 6) is 0.388. The van der Waals surface area contributed by atoms with E-state index in [2.05, 4.69) is 23.3 Å². The average Bonchev–Trinajstić information content (AvgIpc) is 2.36. The van der Waals surface area contributed by atoms with Gasteiger partial charge in [-0.15, -0.1) is 0 Å². The quantitative estimate of drug-likeness (QED) is 0.403. The Kier molecular flexibility index (Phi) is 3.63. The molecule has 1 saturated heterocycles. The molecule has 1 aliphatic heterocycles. The van der Waals surface area contributed by atoms with E-state index in [4.69, 9.17) is 5.73 Å². The zero-order valence-electron chi connectivity index (χ0n) is 9.74. The summed E-state index contributed by atoms with van der Waals surface area (Å²) in [6, 6.07) is -0.381. The summed E-state index contributed by atoms with van der Waals surface area (Å²) in [7, 11) is 0. The number of hydrogen-bond acceptors (Lipinski definition) is 4. The Bertz CT molecular complexity index is 327. The number of β-lactam (4-membered cyclic amide) rings is 1. The summed E-state index contributed by atoms with van der Waals surface area (Å²) in [4.78, 5) is 23.0. The molecule has 1 aliphatic carbocycles. The summed E-state index contributed by atoms with van der Waals surface area (Å²) in [6.07, 6.45) is 3.44. The molecule has 96 valence electrons. The van der Waals surface area contributed by atoms with Crippen molar-refractivity contribution in [3.8, 4) is 0 Å². The molecule has 0 aromatic rings. The van der Waals surface area contributed by atoms with Crippen molar-refractivity contribution in [2.75, 3.05) is 12.3 Å². The van der Waals surface area contributed by atoms with Crippen molar-refractivity contribution in [3.63, 3.8) is 0 Å². The zero-order valence-corrected chi connectivity index (χ0v) is 10.6. The van der Waals surface area contributed by atoms with Gasteiger partial charge in [0.15, 0.2) is 0 Å². The number of hydrogen-bond donors (Lipinski definition) is 4. The fourth-order valence-corrected chi connectivity index (χ4v) is 2.69. The largest absolute Gasteiger partial charge is 0.354 e. The van der Waals surface area contributed by atoms with Crippen LogP contribution < -0.4 is 16.4 Å². The van der Waals surface area contributed by atoms with Gasteiger partial charge in [0.2, 0.25) is 11.8 Å². The SMILES string of the molecule is NC(CS)C(=O)NC1CCC2(CC1)CNC2=O. The van der Waals surface area contributed by atoms with Gasteiger partial charge in [-0.2, -0.15) is 12.6 Å². The molecule has 2 fully saturated rings. The van der Waals surface area contributed by atoms with Gasteiger partial charge in [-0.25, -0.2) is 0 Å². The van der Waals surface area contributed by atoms with Crippen molar-refractivity contribution in [2.24, 2.45) is 11.1 Å². The third-order valence-corrected chi connectivity index (χ3v) is 4.28. The Labute approximate surface area is 106 Å². The average molecular weight is 257 g/mol. The van der Waals surface area contributed by atoms with Crippen LogP contribution in [0.3, 0.4) is 0 Å². The fourth-order valence-electron chi connectivity index (χ4n) is 2.52. The number of nitrogens with one attached hydrogen (secondary N) is 2. The molecule has 1 spiro atoms. The van der Waals surface area contributed by atoms with Gasteiger partial charge in [-0.3, -0.25) is 9.59 Å². The first kappa shape index (κ1) is 12.7. The van der Waals surface area contributed by atoms with E-state index in [1.165, 1.54) is 0 Å². The van der Waals surface area contributed by atoms with Crippen LogP contribution in [0.15, 0.2) is 0 Å². The number of carbonyl (C=O) groups is 2. The second-order valence-electron chi connectivity index (χ2n) is 5.03. The van der Waals surface area contributed by atoms with Crippen molar-refractivity contribution in [1.82, 2.24) is 10.6 Å². The number of amides is 2. The lowest BCUT2D eigenvalue weighted by molar-refractivity contribution is -0.143. The standard InChI is InChI=1S/C11H19N3O2S/c12-8(5-17)9(15)14-7-1-3-11(4-2-7)6-13-10(11)16/h7-8,17H,1-6,12H2,(H,13,16)(H,14,15). The molecule has 0 aromatic heterocycles. The monoisotopic (exact) mass is 257 g/mol. The Hall–Kier alpha value is -0.750. The maximum absolute atomic E-state index is 11.6. The van der Waals surface area contributed by atoms with E-state index >= 15 is 0 Å². The maximum Gasteiger partial charge on any atom is 0.237 e. The van der Waals surface area contributed by atoms with E-state index in [0.29, 0.717) is 5.75 Å². The molecule has 4 N–H and O–H groups in total. The van der Waals surface area contributed by atoms with E-state index in [1.807, 2.05) is 0 Å². The Morgan fingerprint density at radius 3 is 2.65 bits per heavy atom. The van der Waals surface area contributed by atoms with Crippen LogP contribution in [0.1, 0.15) is 25.7 Å². The van der Waals surface area contributed by atoms with Crippen LogP contribution in [0.5, 0.6) is 0 Å². The Morgan fingerprint density at radius 2 is 2.24 bits per heavy atom. The van der Waals surface area contributed by atoms with Crippen LogP contribution in [0.2, 0.25) is 0 Å². The highest BCUT2D eigenvalue weighted by atomic mass is 32.1. The highest BCUT2D eigenvalue weighted by Gasteiger charge is 2.48. The van der Waals surface area contributed by atoms with Gasteiger partial charge in [-0.05, 0) is 25.7 Å². The second-order valence-corrected chi connectivity index (χ2v) is 5.40. The van der Waals surface area contributed by atoms with Crippen molar-refractivity contribution < 1.29 is 9.59 Å². The lowest BCUT2D eigenvalue weighted by atomic mass is 9.68. The summed E-state index contributed by atoms with van der Waals surface area (Å²) in [6.45, 7) is 0.794. The molecule has 6 heteroatoms. The molecule has 2 amide bonds. The highest BCUT2D eigenvalue weighted by Crippen LogP contribution is 2.40. The molecule has 1 heterocycles. The van der Waals surface area contributed by atoms with Crippen molar-refractivity contribution >= 4 is 24.4 Å². The van der Waals surface area contributed by atoms with Gasteiger partial charge in [0.25, 0.3) is 0 Å². The minimum atomic E-state index is -0.541. The van der Waals surface area contributed by atoms with Gasteiger partial charge in [-0.1, -0.05) is 0 Å². The molecule has 1 saturated carbocycles. The van der Waals surface area contributed by atoms with E-state index in [9.17, 15) is 9.59 Å². The number of thiol groups is 1. The number of nitrogens with two attached hydrogens (primary N) is 1. The molecular formula is C11H19N3O2S. The normalized spacial score (nSPS) is 33.8. The molecule has 0 bridgehead atoms. The van der Waals surface area contributed by atoms with Gasteiger partial charge < -0.3 is 16.4 Å². The van der Waals surface area contributed by atoms with Crippen LogP contribution in [0.4, 0.5) is 0 Å². The van der Waals surface area contributed by atoms with Gasteiger partial charge in [0.05, 0.1) is 11.5 Å². The summed E-state index contributed by atoms with van der Waals surface area (Å²) in [5, 5.41) is 5.72. The summed E-state index contributed by atoms with van der Waals surface area (Å²) >= 11 is 4.00. The van der Waals surface area contributed by atoms with E-state index < -0.39 is 6.04 Å². The van der Waals surface area contributed by atoms with Crippen LogP contribution in [0, 0.1) is 5.41 Å². The molecular weight excluding hydrogens is 238 g/mol. The molecule has 0 radical (unpaired) electrons. The third-order valence-electron chi connectivity index (χ3n) is 3.89. The predicted octanol–water partition coefficient (Wildman–Crippen LogP) is -0.582. The Balaban J connectivity index is 1.79. The minimum Gasteiger partial charge on any atom is -0.354 e. The topological polar surface area (TPSA) is 84.2 Å². The van der Waals surface area contributed by atoms with Gasteiger partial charge in [0.1, 0.15) is 0 Å². The number of carbonyl (C=O) groups excluding carboxylic acids is 2. The van der Waals surface area contributed by atoms with Crippen LogP contribution >= 0.6 is 12.6 Å². The smallest absolute Gasteiger partial charge is 0.237 e. The highest BCUT2D eigenvalue weighted by molar-refractivity contribution is 7.80. The van der Waals surface area contributed by atoms with Crippen molar-refractivity contribution in [2.45, 2.75) is 37.8 Å². The molecule has 1 atom stereocenters. The van der Waals surface area contributed by atoms with E-state index in [0.717, 1.165) is 32.2 Å². The lowest BCUT2D eigenvalue weighted by Crippen LogP contribution is -2.61. The molecule has 17 heavy (non-hydrogen) atoms. The zero-order chi connectivity index (χ0) is 12.5. The van der Waals surface area contributed by atoms with E-state index in [-0.39, 0.29) is 23.3 Å². The van der Waals surface area contributed by atoms with E-state index in [1.54, 1.807) is 0 Å².